The molecule has 1 saturated heterocycles. The van der Waals surface area contributed by atoms with Crippen molar-refractivity contribution in [1.82, 2.24) is 19.7 Å². The molecule has 3 heterocycles. The van der Waals surface area contributed by atoms with Gasteiger partial charge in [0.1, 0.15) is 0 Å². The van der Waals surface area contributed by atoms with E-state index in [1.54, 1.807) is 0 Å². The number of hydrogen-bond donors (Lipinski definition) is 0. The standard InChI is InChI=1S/C23H29F3N4O/c1-13(2)30-21(9-20(28-30)15-6-16(11-27-10-15)23(24,25)26)22-18-7-17(8-19(18)22)29-4-5-31-12-14(29)3/h6,9-11,13-14,17-19,22H,4-5,7-8,12H2,1-3H3/t14-,17?,18-,19-,22?/m1/s1. The van der Waals surface area contributed by atoms with Crippen LogP contribution in [0.15, 0.2) is 24.5 Å². The molecule has 168 valence electrons. The van der Waals surface area contributed by atoms with Crippen LogP contribution in [0, 0.1) is 11.8 Å². The maximum atomic E-state index is 13.1. The van der Waals surface area contributed by atoms with E-state index in [-0.39, 0.29) is 6.04 Å². The molecule has 0 spiro atoms. The summed E-state index contributed by atoms with van der Waals surface area (Å²) in [6.45, 7) is 9.01. The van der Waals surface area contributed by atoms with Crippen molar-refractivity contribution in [3.05, 3.63) is 35.8 Å². The topological polar surface area (TPSA) is 43.2 Å². The van der Waals surface area contributed by atoms with Gasteiger partial charge < -0.3 is 4.74 Å². The number of nitrogens with zero attached hydrogens (tertiary/aromatic N) is 4. The minimum absolute atomic E-state index is 0.152. The van der Waals surface area contributed by atoms with E-state index in [0.717, 1.165) is 37.7 Å². The first kappa shape index (κ1) is 20.9. The zero-order valence-corrected chi connectivity index (χ0v) is 18.1. The van der Waals surface area contributed by atoms with Crippen molar-refractivity contribution in [3.8, 4) is 11.3 Å². The molecule has 31 heavy (non-hydrogen) atoms. The molecule has 3 atom stereocenters. The van der Waals surface area contributed by atoms with Crippen LogP contribution in [-0.4, -0.2) is 51.5 Å². The fourth-order valence-corrected chi connectivity index (χ4v) is 5.75. The van der Waals surface area contributed by atoms with Gasteiger partial charge in [-0.2, -0.15) is 18.3 Å². The second-order valence-corrected chi connectivity index (χ2v) is 9.59. The molecular formula is C23H29F3N4O. The maximum Gasteiger partial charge on any atom is 0.417 e. The molecule has 0 bridgehead atoms. The summed E-state index contributed by atoms with van der Waals surface area (Å²) in [5.74, 6) is 1.73. The van der Waals surface area contributed by atoms with Crippen LogP contribution >= 0.6 is 0 Å². The molecule has 3 fully saturated rings. The first-order chi connectivity index (χ1) is 14.7. The molecule has 0 unspecified atom stereocenters. The van der Waals surface area contributed by atoms with Gasteiger partial charge in [-0.1, -0.05) is 0 Å². The van der Waals surface area contributed by atoms with Crippen LogP contribution in [-0.2, 0) is 10.9 Å². The van der Waals surface area contributed by atoms with Crippen LogP contribution in [0.3, 0.4) is 0 Å². The van der Waals surface area contributed by atoms with Crippen molar-refractivity contribution in [2.75, 3.05) is 19.8 Å². The monoisotopic (exact) mass is 434 g/mol. The number of aromatic nitrogens is 3. The summed E-state index contributed by atoms with van der Waals surface area (Å²) in [4.78, 5) is 6.42. The third kappa shape index (κ3) is 3.78. The fourth-order valence-electron chi connectivity index (χ4n) is 5.75. The first-order valence-electron chi connectivity index (χ1n) is 11.2. The highest BCUT2D eigenvalue weighted by atomic mass is 19.4. The van der Waals surface area contributed by atoms with Crippen LogP contribution in [0.4, 0.5) is 13.2 Å². The molecule has 0 aromatic carbocycles. The molecule has 3 aliphatic rings. The number of rotatable bonds is 4. The van der Waals surface area contributed by atoms with Crippen molar-refractivity contribution >= 4 is 0 Å². The Bertz CT molecular complexity index is 945. The van der Waals surface area contributed by atoms with Gasteiger partial charge in [-0.3, -0.25) is 14.6 Å². The normalized spacial score (nSPS) is 29.5. The minimum atomic E-state index is -4.41. The molecule has 5 rings (SSSR count). The van der Waals surface area contributed by atoms with E-state index in [0.29, 0.717) is 41.1 Å². The number of halogens is 3. The molecule has 5 nitrogen and oxygen atoms in total. The van der Waals surface area contributed by atoms with Crippen LogP contribution < -0.4 is 0 Å². The Labute approximate surface area is 180 Å². The Morgan fingerprint density at radius 2 is 1.87 bits per heavy atom. The van der Waals surface area contributed by atoms with Crippen molar-refractivity contribution in [3.63, 3.8) is 0 Å². The molecule has 2 aromatic rings. The van der Waals surface area contributed by atoms with Gasteiger partial charge in [0, 0.05) is 54.2 Å². The average Bonchev–Trinajstić information content (AvgIpc) is 3.09. The zero-order valence-electron chi connectivity index (χ0n) is 18.1. The van der Waals surface area contributed by atoms with Crippen LogP contribution in [0.5, 0.6) is 0 Å². The number of pyridine rings is 1. The first-order valence-corrected chi connectivity index (χ1v) is 11.2. The third-order valence-electron chi connectivity index (χ3n) is 7.26. The van der Waals surface area contributed by atoms with Crippen molar-refractivity contribution in [2.45, 2.75) is 63.8 Å². The molecular weight excluding hydrogens is 405 g/mol. The van der Waals surface area contributed by atoms with Gasteiger partial charge in [0.05, 0.1) is 24.5 Å². The van der Waals surface area contributed by atoms with Gasteiger partial charge in [0.2, 0.25) is 0 Å². The minimum Gasteiger partial charge on any atom is -0.379 e. The van der Waals surface area contributed by atoms with Crippen molar-refractivity contribution < 1.29 is 17.9 Å². The summed E-state index contributed by atoms with van der Waals surface area (Å²) in [5.41, 5.74) is 1.41. The van der Waals surface area contributed by atoms with Crippen molar-refractivity contribution in [1.29, 1.82) is 0 Å². The lowest BCUT2D eigenvalue weighted by Crippen LogP contribution is -2.49. The predicted octanol–water partition coefficient (Wildman–Crippen LogP) is 4.76. The Morgan fingerprint density at radius 1 is 1.13 bits per heavy atom. The molecule has 2 aromatic heterocycles. The quantitative estimate of drug-likeness (QED) is 0.696. The molecule has 0 radical (unpaired) electrons. The van der Waals surface area contributed by atoms with Gasteiger partial charge in [-0.15, -0.1) is 0 Å². The second-order valence-electron chi connectivity index (χ2n) is 9.59. The zero-order chi connectivity index (χ0) is 21.9. The van der Waals surface area contributed by atoms with Crippen LogP contribution in [0.25, 0.3) is 11.3 Å². The lowest BCUT2D eigenvalue weighted by molar-refractivity contribution is -0.137. The Kier molecular flexibility index (Phi) is 5.13. The fraction of sp³-hybridized carbons (Fsp3) is 0.652. The maximum absolute atomic E-state index is 13.1. The summed E-state index contributed by atoms with van der Waals surface area (Å²) in [5, 5.41) is 4.69. The van der Waals surface area contributed by atoms with E-state index in [1.165, 1.54) is 19.0 Å². The van der Waals surface area contributed by atoms with Crippen molar-refractivity contribution in [2.24, 2.45) is 11.8 Å². The molecule has 2 saturated carbocycles. The molecule has 8 heteroatoms. The van der Waals surface area contributed by atoms with Gasteiger partial charge in [0.15, 0.2) is 0 Å². The highest BCUT2D eigenvalue weighted by Crippen LogP contribution is 2.64. The number of ether oxygens (including phenoxy) is 1. The van der Waals surface area contributed by atoms with Crippen LogP contribution in [0.1, 0.15) is 56.8 Å². The van der Waals surface area contributed by atoms with E-state index < -0.39 is 11.7 Å². The largest absolute Gasteiger partial charge is 0.417 e. The average molecular weight is 435 g/mol. The number of alkyl halides is 3. The summed E-state index contributed by atoms with van der Waals surface area (Å²) >= 11 is 0. The number of hydrogen-bond acceptors (Lipinski definition) is 4. The molecule has 1 aliphatic heterocycles. The highest BCUT2D eigenvalue weighted by Gasteiger charge is 2.59. The number of morpholine rings is 1. The lowest BCUT2D eigenvalue weighted by atomic mass is 10.0. The summed E-state index contributed by atoms with van der Waals surface area (Å²) < 4.78 is 47.0. The molecule has 2 aliphatic carbocycles. The Hall–Kier alpha value is -1.93. The van der Waals surface area contributed by atoms with Gasteiger partial charge >= 0.3 is 6.18 Å². The Morgan fingerprint density at radius 3 is 2.52 bits per heavy atom. The molecule has 0 N–H and O–H groups in total. The van der Waals surface area contributed by atoms with Gasteiger partial charge in [-0.25, -0.2) is 0 Å². The highest BCUT2D eigenvalue weighted by molar-refractivity contribution is 5.60. The Balaban J connectivity index is 1.37. The summed E-state index contributed by atoms with van der Waals surface area (Å²) in [6, 6.07) is 4.38. The van der Waals surface area contributed by atoms with E-state index in [4.69, 9.17) is 9.84 Å². The summed E-state index contributed by atoms with van der Waals surface area (Å²) in [6.07, 6.45) is 0.288. The van der Waals surface area contributed by atoms with Crippen LogP contribution in [0.2, 0.25) is 0 Å². The van der Waals surface area contributed by atoms with Gasteiger partial charge in [-0.05, 0) is 57.6 Å². The second kappa shape index (κ2) is 7.59. The smallest absolute Gasteiger partial charge is 0.379 e. The predicted molar refractivity (Wildman–Crippen MR) is 111 cm³/mol. The third-order valence-corrected chi connectivity index (χ3v) is 7.26. The van der Waals surface area contributed by atoms with Gasteiger partial charge in [0.25, 0.3) is 0 Å². The van der Waals surface area contributed by atoms with E-state index >= 15 is 0 Å². The van der Waals surface area contributed by atoms with E-state index in [2.05, 4.69) is 30.7 Å². The van der Waals surface area contributed by atoms with E-state index in [1.807, 2.05) is 10.7 Å². The number of fused-ring (bicyclic) bond motifs is 1. The lowest BCUT2D eigenvalue weighted by Gasteiger charge is -2.38. The molecule has 0 amide bonds. The van der Waals surface area contributed by atoms with E-state index in [9.17, 15) is 13.2 Å². The summed E-state index contributed by atoms with van der Waals surface area (Å²) in [7, 11) is 0. The SMILES string of the molecule is CC(C)n1nc(-c2cncc(C(F)(F)F)c2)cc1C1[C@@H]2CC(N3CCOC[C@H]3C)C[C@@H]12.